The average molecular weight is 244 g/mol. The minimum absolute atomic E-state index is 0.640. The summed E-state index contributed by atoms with van der Waals surface area (Å²) in [4.78, 5) is 0. The van der Waals surface area contributed by atoms with Gasteiger partial charge in [0.15, 0.2) is 0 Å². The van der Waals surface area contributed by atoms with Crippen LogP contribution in [0.4, 0.5) is 5.13 Å². The molecule has 0 atom stereocenters. The highest BCUT2D eigenvalue weighted by Crippen LogP contribution is 2.26. The van der Waals surface area contributed by atoms with Gasteiger partial charge < -0.3 is 5.32 Å². The van der Waals surface area contributed by atoms with Crippen molar-refractivity contribution in [3.8, 4) is 16.6 Å². The number of benzene rings is 1. The van der Waals surface area contributed by atoms with Crippen LogP contribution in [0.1, 0.15) is 18.9 Å². The molecule has 5 heteroatoms. The minimum Gasteiger partial charge on any atom is -0.360 e. The molecule has 4 nitrogen and oxygen atoms in total. The van der Waals surface area contributed by atoms with Crippen LogP contribution < -0.4 is 5.32 Å². The summed E-state index contributed by atoms with van der Waals surface area (Å²) in [7, 11) is 0. The van der Waals surface area contributed by atoms with Crippen molar-refractivity contribution < 1.29 is 0 Å². The zero-order chi connectivity index (χ0) is 12.1. The third-order valence-corrected chi connectivity index (χ3v) is 3.12. The highest BCUT2D eigenvalue weighted by Gasteiger charge is 2.06. The van der Waals surface area contributed by atoms with Crippen molar-refractivity contribution in [3.05, 3.63) is 29.8 Å². The van der Waals surface area contributed by atoms with Crippen LogP contribution >= 0.6 is 11.3 Å². The maximum absolute atomic E-state index is 8.84. The Kier molecular flexibility index (Phi) is 3.68. The third-order valence-electron chi connectivity index (χ3n) is 2.19. The van der Waals surface area contributed by atoms with Crippen LogP contribution in [0.25, 0.3) is 10.6 Å². The molecular weight excluding hydrogens is 232 g/mol. The van der Waals surface area contributed by atoms with Gasteiger partial charge in [-0.05, 0) is 18.6 Å². The second-order valence-electron chi connectivity index (χ2n) is 3.53. The molecule has 0 unspecified atom stereocenters. The van der Waals surface area contributed by atoms with E-state index in [1.165, 1.54) is 11.3 Å². The van der Waals surface area contributed by atoms with E-state index in [1.807, 2.05) is 18.2 Å². The molecule has 86 valence electrons. The lowest BCUT2D eigenvalue weighted by Gasteiger charge is -1.96. The van der Waals surface area contributed by atoms with E-state index in [2.05, 4.69) is 28.5 Å². The Labute approximate surface area is 104 Å². The van der Waals surface area contributed by atoms with E-state index in [1.54, 1.807) is 6.07 Å². The Morgan fingerprint density at radius 1 is 1.41 bits per heavy atom. The summed E-state index contributed by atoms with van der Waals surface area (Å²) in [5.74, 6) is 0. The molecule has 17 heavy (non-hydrogen) atoms. The quantitative estimate of drug-likeness (QED) is 0.898. The fourth-order valence-corrected chi connectivity index (χ4v) is 2.13. The number of nitriles is 1. The molecule has 0 fully saturated rings. The monoisotopic (exact) mass is 244 g/mol. The fourth-order valence-electron chi connectivity index (χ4n) is 1.37. The highest BCUT2D eigenvalue weighted by molar-refractivity contribution is 7.18. The minimum atomic E-state index is 0.640. The van der Waals surface area contributed by atoms with Crippen LogP contribution in [-0.2, 0) is 0 Å². The lowest BCUT2D eigenvalue weighted by atomic mass is 10.1. The lowest BCUT2D eigenvalue weighted by Crippen LogP contribution is -1.98. The van der Waals surface area contributed by atoms with Crippen molar-refractivity contribution in [2.75, 3.05) is 11.9 Å². The van der Waals surface area contributed by atoms with Crippen molar-refractivity contribution in [2.45, 2.75) is 13.3 Å². The van der Waals surface area contributed by atoms with Crippen molar-refractivity contribution in [3.63, 3.8) is 0 Å². The number of hydrogen-bond donors (Lipinski definition) is 1. The molecular formula is C12H12N4S. The Morgan fingerprint density at radius 2 is 2.29 bits per heavy atom. The topological polar surface area (TPSA) is 61.6 Å². The van der Waals surface area contributed by atoms with Gasteiger partial charge in [0.05, 0.1) is 11.6 Å². The molecule has 0 aliphatic heterocycles. The molecule has 0 saturated carbocycles. The van der Waals surface area contributed by atoms with Crippen molar-refractivity contribution in [1.29, 1.82) is 5.26 Å². The first-order valence-electron chi connectivity index (χ1n) is 5.41. The predicted molar refractivity (Wildman–Crippen MR) is 68.8 cm³/mol. The first-order valence-corrected chi connectivity index (χ1v) is 6.23. The maximum Gasteiger partial charge on any atom is 0.206 e. The van der Waals surface area contributed by atoms with Gasteiger partial charge in [-0.25, -0.2) is 0 Å². The number of aromatic nitrogens is 2. The van der Waals surface area contributed by atoms with Gasteiger partial charge in [0.2, 0.25) is 5.13 Å². The zero-order valence-corrected chi connectivity index (χ0v) is 10.3. The van der Waals surface area contributed by atoms with E-state index in [0.717, 1.165) is 28.7 Å². The van der Waals surface area contributed by atoms with E-state index in [0.29, 0.717) is 5.56 Å². The summed E-state index contributed by atoms with van der Waals surface area (Å²) < 4.78 is 0. The molecule has 0 radical (unpaired) electrons. The van der Waals surface area contributed by atoms with Gasteiger partial charge in [-0.1, -0.05) is 30.4 Å². The lowest BCUT2D eigenvalue weighted by molar-refractivity contribution is 0.964. The average Bonchev–Trinajstić information content (AvgIpc) is 2.85. The van der Waals surface area contributed by atoms with Crippen molar-refractivity contribution in [2.24, 2.45) is 0 Å². The predicted octanol–water partition coefficient (Wildman–Crippen LogP) is 2.90. The third kappa shape index (κ3) is 2.80. The van der Waals surface area contributed by atoms with Gasteiger partial charge in [0.25, 0.3) is 0 Å². The molecule has 0 aliphatic carbocycles. The van der Waals surface area contributed by atoms with E-state index in [4.69, 9.17) is 5.26 Å². The molecule has 2 rings (SSSR count). The van der Waals surface area contributed by atoms with Gasteiger partial charge in [-0.3, -0.25) is 0 Å². The maximum atomic E-state index is 8.84. The molecule has 1 heterocycles. The molecule has 0 aliphatic rings. The zero-order valence-electron chi connectivity index (χ0n) is 9.47. The van der Waals surface area contributed by atoms with Crippen LogP contribution in [0, 0.1) is 11.3 Å². The van der Waals surface area contributed by atoms with E-state index in [-0.39, 0.29) is 0 Å². The molecule has 1 N–H and O–H groups in total. The molecule has 0 spiro atoms. The summed E-state index contributed by atoms with van der Waals surface area (Å²) in [6, 6.07) is 9.51. The van der Waals surface area contributed by atoms with Crippen LogP contribution in [-0.4, -0.2) is 16.7 Å². The summed E-state index contributed by atoms with van der Waals surface area (Å²) >= 11 is 1.50. The number of anilines is 1. The van der Waals surface area contributed by atoms with Crippen molar-refractivity contribution >= 4 is 16.5 Å². The fraction of sp³-hybridized carbons (Fsp3) is 0.250. The first-order chi connectivity index (χ1) is 8.33. The summed E-state index contributed by atoms with van der Waals surface area (Å²) in [5, 5.41) is 21.9. The van der Waals surface area contributed by atoms with Crippen LogP contribution in [0.3, 0.4) is 0 Å². The summed E-state index contributed by atoms with van der Waals surface area (Å²) in [5.41, 5.74) is 1.58. The molecule has 2 aromatic rings. The standard InChI is InChI=1S/C12H12N4S/c1-2-6-14-12-16-15-11(17-12)10-5-3-4-9(7-10)8-13/h3-5,7H,2,6H2,1H3,(H,14,16). The smallest absolute Gasteiger partial charge is 0.206 e. The highest BCUT2D eigenvalue weighted by atomic mass is 32.1. The van der Waals surface area contributed by atoms with E-state index in [9.17, 15) is 0 Å². The van der Waals surface area contributed by atoms with Gasteiger partial charge in [0.1, 0.15) is 5.01 Å². The van der Waals surface area contributed by atoms with Crippen molar-refractivity contribution in [1.82, 2.24) is 10.2 Å². The van der Waals surface area contributed by atoms with Gasteiger partial charge >= 0.3 is 0 Å². The first kappa shape index (κ1) is 11.6. The van der Waals surface area contributed by atoms with E-state index < -0.39 is 0 Å². The molecule has 1 aromatic carbocycles. The molecule has 0 saturated heterocycles. The SMILES string of the molecule is CCCNc1nnc(-c2cccc(C#N)c2)s1. The van der Waals surface area contributed by atoms with Gasteiger partial charge in [-0.15, -0.1) is 10.2 Å². The second-order valence-corrected chi connectivity index (χ2v) is 4.51. The molecule has 0 bridgehead atoms. The molecule has 1 aromatic heterocycles. The second kappa shape index (κ2) is 5.41. The Bertz CT molecular complexity index is 541. The van der Waals surface area contributed by atoms with Crippen LogP contribution in [0.5, 0.6) is 0 Å². The van der Waals surface area contributed by atoms with Crippen LogP contribution in [0.2, 0.25) is 0 Å². The number of nitrogens with one attached hydrogen (secondary N) is 1. The Morgan fingerprint density at radius 3 is 3.06 bits per heavy atom. The number of rotatable bonds is 4. The number of nitrogens with zero attached hydrogens (tertiary/aromatic N) is 3. The van der Waals surface area contributed by atoms with Gasteiger partial charge in [0, 0.05) is 12.1 Å². The van der Waals surface area contributed by atoms with Crippen LogP contribution in [0.15, 0.2) is 24.3 Å². The summed E-state index contributed by atoms with van der Waals surface area (Å²) in [6.45, 7) is 3.00. The van der Waals surface area contributed by atoms with E-state index >= 15 is 0 Å². The summed E-state index contributed by atoms with van der Waals surface area (Å²) in [6.07, 6.45) is 1.05. The molecule has 0 amide bonds. The largest absolute Gasteiger partial charge is 0.360 e. The Hall–Kier alpha value is -1.93. The normalized spacial score (nSPS) is 9.88. The van der Waals surface area contributed by atoms with Gasteiger partial charge in [-0.2, -0.15) is 5.26 Å². The Balaban J connectivity index is 2.21. The number of hydrogen-bond acceptors (Lipinski definition) is 5.